The van der Waals surface area contributed by atoms with E-state index in [-0.39, 0.29) is 60.3 Å². The van der Waals surface area contributed by atoms with Gasteiger partial charge in [0.25, 0.3) is 0 Å². The van der Waals surface area contributed by atoms with E-state index in [9.17, 15) is 14.4 Å². The van der Waals surface area contributed by atoms with E-state index in [0.29, 0.717) is 61.0 Å². The van der Waals surface area contributed by atoms with E-state index in [2.05, 4.69) is 54.5 Å². The second-order valence-electron chi connectivity index (χ2n) is 17.0. The van der Waals surface area contributed by atoms with Gasteiger partial charge in [0.15, 0.2) is 0 Å². The molecule has 4 rings (SSSR count). The molecule has 0 saturated heterocycles. The fourth-order valence-electron chi connectivity index (χ4n) is 11.1. The molecule has 0 aromatic rings. The maximum Gasteiger partial charge on any atom is 0.307 e. The summed E-state index contributed by atoms with van der Waals surface area (Å²) in [6.45, 7) is 16.8. The first-order valence-electron chi connectivity index (χ1n) is 19.5. The van der Waals surface area contributed by atoms with Crippen molar-refractivity contribution < 1.29 is 28.6 Å². The Balaban J connectivity index is 1.46. The molecular formula is C41H68N2O6. The first kappa shape index (κ1) is 39.6. The molecular weight excluding hydrogens is 616 g/mol. The molecule has 0 aliphatic heterocycles. The number of rotatable bonds is 15. The molecule has 0 radical (unpaired) electrons. The molecule has 0 spiro atoms. The first-order valence-corrected chi connectivity index (χ1v) is 19.5. The maximum atomic E-state index is 13.1. The predicted octanol–water partition coefficient (Wildman–Crippen LogP) is 7.67. The summed E-state index contributed by atoms with van der Waals surface area (Å²) in [5, 5.41) is 0. The van der Waals surface area contributed by atoms with Crippen LogP contribution in [-0.4, -0.2) is 49.8 Å². The van der Waals surface area contributed by atoms with Gasteiger partial charge in [-0.05, 0) is 138 Å². The van der Waals surface area contributed by atoms with Crippen LogP contribution in [0.2, 0.25) is 0 Å². The van der Waals surface area contributed by atoms with Gasteiger partial charge >= 0.3 is 17.9 Å². The molecule has 4 fully saturated rings. The lowest BCUT2D eigenvalue weighted by molar-refractivity contribution is -0.208. The second-order valence-corrected chi connectivity index (χ2v) is 17.0. The van der Waals surface area contributed by atoms with Gasteiger partial charge in [0.1, 0.15) is 18.8 Å². The highest BCUT2D eigenvalue weighted by Crippen LogP contribution is 2.70. The third-order valence-electron chi connectivity index (χ3n) is 13.6. The van der Waals surface area contributed by atoms with Gasteiger partial charge in [0, 0.05) is 24.9 Å². The van der Waals surface area contributed by atoms with Crippen molar-refractivity contribution in [2.75, 3.05) is 19.7 Å². The maximum absolute atomic E-state index is 13.1. The third-order valence-corrected chi connectivity index (χ3v) is 13.6. The van der Waals surface area contributed by atoms with Crippen molar-refractivity contribution in [3.8, 4) is 0 Å². The van der Waals surface area contributed by atoms with Gasteiger partial charge in [-0.25, -0.2) is 0 Å². The quantitative estimate of drug-likeness (QED) is 0.102. The second kappa shape index (κ2) is 17.4. The summed E-state index contributed by atoms with van der Waals surface area (Å²) in [6.07, 6.45) is 14.7. The van der Waals surface area contributed by atoms with Crippen LogP contribution in [-0.2, 0) is 28.6 Å². The van der Waals surface area contributed by atoms with E-state index in [4.69, 9.17) is 25.7 Å². The molecule has 1 unspecified atom stereocenters. The topological polar surface area (TPSA) is 131 Å². The number of hydrogen-bond donors (Lipinski definition) is 2. The molecule has 4 N–H and O–H groups in total. The lowest BCUT2D eigenvalue weighted by Crippen LogP contribution is -2.61. The van der Waals surface area contributed by atoms with Crippen LogP contribution in [0.1, 0.15) is 132 Å². The van der Waals surface area contributed by atoms with Crippen LogP contribution < -0.4 is 11.5 Å². The van der Waals surface area contributed by atoms with Gasteiger partial charge in [-0.3, -0.25) is 14.4 Å². The zero-order chi connectivity index (χ0) is 35.9. The molecule has 0 bridgehead atoms. The van der Waals surface area contributed by atoms with Crippen molar-refractivity contribution in [2.45, 2.75) is 144 Å². The van der Waals surface area contributed by atoms with Gasteiger partial charge in [-0.1, -0.05) is 44.9 Å². The van der Waals surface area contributed by atoms with Gasteiger partial charge in [0.05, 0.1) is 12.8 Å². The fourth-order valence-corrected chi connectivity index (χ4v) is 11.1. The van der Waals surface area contributed by atoms with Crippen molar-refractivity contribution in [3.05, 3.63) is 23.3 Å². The molecule has 4 aliphatic carbocycles. The summed E-state index contributed by atoms with van der Waals surface area (Å²) in [6, 6.07) is 0. The standard InChI is InChI=1S/C41H68N2O6/c1-26(2)9-8-10-27(3)18-22-47-36(44)14-11-28(4)32-12-13-33-39-29(5)23-30-24-31(48-37(45)16-20-42)15-19-40(30,6)34(39)25-35(41(32,33)7)49-38(46)17-21-43/h9,18,28-35,39H,8,10-17,19-25,42-43H2,1-7H3/b27-18+/t28-,29-,30-,31?,32-,33+,34+,35+,39+,40+,41-/m1/s1. The number of fused-ring (bicyclic) bond motifs is 5. The molecule has 8 nitrogen and oxygen atoms in total. The minimum atomic E-state index is -0.196. The molecule has 0 heterocycles. The number of nitrogens with two attached hydrogens (primary N) is 2. The average Bonchev–Trinajstić information content (AvgIpc) is 3.39. The van der Waals surface area contributed by atoms with E-state index >= 15 is 0 Å². The van der Waals surface area contributed by atoms with Crippen LogP contribution in [0.15, 0.2) is 23.3 Å². The van der Waals surface area contributed by atoms with Gasteiger partial charge in [-0.2, -0.15) is 0 Å². The summed E-state index contributed by atoms with van der Waals surface area (Å²) >= 11 is 0. The highest BCUT2D eigenvalue weighted by atomic mass is 16.5. The number of hydrogen-bond acceptors (Lipinski definition) is 8. The van der Waals surface area contributed by atoms with Crippen molar-refractivity contribution in [3.63, 3.8) is 0 Å². The van der Waals surface area contributed by atoms with E-state index in [1.54, 1.807) is 0 Å². The van der Waals surface area contributed by atoms with Crippen molar-refractivity contribution in [1.82, 2.24) is 0 Å². The van der Waals surface area contributed by atoms with Gasteiger partial charge in [0.2, 0.25) is 0 Å². The molecule has 49 heavy (non-hydrogen) atoms. The van der Waals surface area contributed by atoms with E-state index in [1.807, 2.05) is 6.08 Å². The summed E-state index contributed by atoms with van der Waals surface area (Å²) in [7, 11) is 0. The molecule has 0 aromatic heterocycles. The molecule has 0 amide bonds. The normalized spacial score (nSPS) is 36.1. The van der Waals surface area contributed by atoms with Crippen LogP contribution in [0.25, 0.3) is 0 Å². The molecule has 4 aliphatic rings. The van der Waals surface area contributed by atoms with Gasteiger partial charge < -0.3 is 25.7 Å². The zero-order valence-electron chi connectivity index (χ0n) is 31.8. The first-order chi connectivity index (χ1) is 23.2. The number of ether oxygens (including phenoxy) is 3. The van der Waals surface area contributed by atoms with Crippen LogP contribution in [0, 0.1) is 52.3 Å². The third kappa shape index (κ3) is 9.19. The van der Waals surface area contributed by atoms with E-state index < -0.39 is 0 Å². The van der Waals surface area contributed by atoms with Crippen LogP contribution in [0.5, 0.6) is 0 Å². The van der Waals surface area contributed by atoms with E-state index in [0.717, 1.165) is 64.2 Å². The zero-order valence-corrected chi connectivity index (χ0v) is 31.8. The number of carbonyl (C=O) groups is 3. The fraction of sp³-hybridized carbons (Fsp3) is 0.829. The number of esters is 3. The van der Waals surface area contributed by atoms with Crippen LogP contribution >= 0.6 is 0 Å². The average molecular weight is 685 g/mol. The Hall–Kier alpha value is -2.19. The summed E-state index contributed by atoms with van der Waals surface area (Å²) in [5.41, 5.74) is 13.9. The molecule has 8 heteroatoms. The molecule has 0 aromatic carbocycles. The number of allylic oxidation sites excluding steroid dienone is 3. The van der Waals surface area contributed by atoms with Crippen LogP contribution in [0.3, 0.4) is 0 Å². The van der Waals surface area contributed by atoms with Crippen molar-refractivity contribution in [1.29, 1.82) is 0 Å². The Kier molecular flexibility index (Phi) is 14.0. The largest absolute Gasteiger partial charge is 0.462 e. The minimum Gasteiger partial charge on any atom is -0.462 e. The van der Waals surface area contributed by atoms with Crippen molar-refractivity contribution >= 4 is 17.9 Å². The summed E-state index contributed by atoms with van der Waals surface area (Å²) in [4.78, 5) is 38.3. The Bertz CT molecular complexity index is 1210. The van der Waals surface area contributed by atoms with E-state index in [1.165, 1.54) is 11.1 Å². The molecule has 278 valence electrons. The smallest absolute Gasteiger partial charge is 0.307 e. The summed E-state index contributed by atoms with van der Waals surface area (Å²) in [5.74, 6) is 2.59. The monoisotopic (exact) mass is 685 g/mol. The van der Waals surface area contributed by atoms with Crippen molar-refractivity contribution in [2.24, 2.45) is 63.7 Å². The summed E-state index contributed by atoms with van der Waals surface area (Å²) < 4.78 is 18.0. The van der Waals surface area contributed by atoms with Crippen LogP contribution in [0.4, 0.5) is 0 Å². The highest BCUT2D eigenvalue weighted by molar-refractivity contribution is 5.70. The van der Waals surface area contributed by atoms with Gasteiger partial charge in [-0.15, -0.1) is 0 Å². The number of carbonyl (C=O) groups excluding carboxylic acids is 3. The molecule has 4 saturated carbocycles. The Morgan fingerprint density at radius 2 is 1.53 bits per heavy atom. The lowest BCUT2D eigenvalue weighted by atomic mass is 9.41. The lowest BCUT2D eigenvalue weighted by Gasteiger charge is -2.64. The predicted molar refractivity (Wildman–Crippen MR) is 194 cm³/mol. The molecule has 11 atom stereocenters. The Morgan fingerprint density at radius 3 is 2.20 bits per heavy atom. The highest BCUT2D eigenvalue weighted by Gasteiger charge is 2.66. The Morgan fingerprint density at radius 1 is 0.837 bits per heavy atom. The minimum absolute atomic E-state index is 0.0381. The Labute approximate surface area is 296 Å². The SMILES string of the molecule is CC(C)=CCC/C(C)=C/COC(=O)CC[C@@H](C)[C@H]1CC[C@H]2[C@@H]3[C@H](C)C[C@@H]4CC(OC(=O)CCN)CC[C@]4(C)[C@H]3C[C@H](OC(=O)CCN)[C@]12C.